The summed E-state index contributed by atoms with van der Waals surface area (Å²) in [5, 5.41) is 2.91. The zero-order valence-corrected chi connectivity index (χ0v) is 13.5. The third-order valence-corrected chi connectivity index (χ3v) is 3.45. The molecule has 1 aromatic heterocycles. The molecule has 21 heavy (non-hydrogen) atoms. The van der Waals surface area contributed by atoms with Gasteiger partial charge in [0.25, 0.3) is 0 Å². The van der Waals surface area contributed by atoms with Crippen LogP contribution in [0.2, 0.25) is 0 Å². The van der Waals surface area contributed by atoms with Gasteiger partial charge in [-0.15, -0.1) is 0 Å². The third-order valence-electron chi connectivity index (χ3n) is 3.13. The van der Waals surface area contributed by atoms with Crippen LogP contribution >= 0.6 is 12.2 Å². The van der Waals surface area contributed by atoms with Gasteiger partial charge in [-0.2, -0.15) is 0 Å². The number of nitrogens with zero attached hydrogens (tertiary/aromatic N) is 1. The molecule has 0 atom stereocenters. The molecule has 114 valence electrons. The number of nitrogens with one attached hydrogen (secondary N) is 2. The Balaban J connectivity index is 2.23. The molecule has 0 saturated heterocycles. The van der Waals surface area contributed by atoms with Crippen LogP contribution in [-0.2, 0) is 11.3 Å². The Labute approximate surface area is 128 Å². The average Bonchev–Trinajstić information content (AvgIpc) is 2.60. The number of carbonyl (C=O) groups excluding carboxylic acids is 1. The first kappa shape index (κ1) is 15.7. The monoisotopic (exact) mass is 309 g/mol. The van der Waals surface area contributed by atoms with Gasteiger partial charge in [0.2, 0.25) is 5.91 Å². The van der Waals surface area contributed by atoms with Crippen molar-refractivity contribution in [2.24, 2.45) is 0 Å². The molecular weight excluding hydrogens is 289 g/mol. The zero-order valence-electron chi connectivity index (χ0n) is 12.7. The maximum absolute atomic E-state index is 13.6. The van der Waals surface area contributed by atoms with Crippen molar-refractivity contribution in [3.8, 4) is 0 Å². The highest BCUT2D eigenvalue weighted by molar-refractivity contribution is 7.71. The molecule has 1 heterocycles. The molecule has 0 aliphatic rings. The summed E-state index contributed by atoms with van der Waals surface area (Å²) < 4.78 is 15.9. The van der Waals surface area contributed by atoms with Crippen molar-refractivity contribution in [3.05, 3.63) is 28.3 Å². The molecular formula is C15H20FN3OS. The van der Waals surface area contributed by atoms with Crippen LogP contribution in [0.5, 0.6) is 0 Å². The van der Waals surface area contributed by atoms with E-state index in [1.54, 1.807) is 13.0 Å². The number of aromatic nitrogens is 2. The SMILES string of the molecule is Cc1cc2c(cc1F)[nH]c(=S)n2CCC(=O)NC(C)(C)C. The Kier molecular flexibility index (Phi) is 4.18. The van der Waals surface area contributed by atoms with Gasteiger partial charge in [-0.25, -0.2) is 4.39 Å². The van der Waals surface area contributed by atoms with Crippen molar-refractivity contribution in [1.82, 2.24) is 14.9 Å². The molecule has 0 spiro atoms. The summed E-state index contributed by atoms with van der Waals surface area (Å²) in [5.74, 6) is -0.297. The third kappa shape index (κ3) is 3.69. The number of aryl methyl sites for hydroxylation is 2. The second-order valence-corrected chi connectivity index (χ2v) is 6.64. The number of fused-ring (bicyclic) bond motifs is 1. The number of rotatable bonds is 3. The quantitative estimate of drug-likeness (QED) is 0.853. The zero-order chi connectivity index (χ0) is 15.8. The van der Waals surface area contributed by atoms with Crippen LogP contribution in [0.25, 0.3) is 11.0 Å². The predicted octanol–water partition coefficient (Wildman–Crippen LogP) is 3.45. The fourth-order valence-electron chi connectivity index (χ4n) is 2.20. The number of hydrogen-bond donors (Lipinski definition) is 2. The van der Waals surface area contributed by atoms with E-state index in [0.29, 0.717) is 28.8 Å². The molecule has 0 radical (unpaired) electrons. The van der Waals surface area contributed by atoms with Crippen LogP contribution in [-0.4, -0.2) is 21.0 Å². The Bertz CT molecular complexity index is 740. The van der Waals surface area contributed by atoms with E-state index in [9.17, 15) is 9.18 Å². The lowest BCUT2D eigenvalue weighted by Gasteiger charge is -2.20. The fourth-order valence-corrected chi connectivity index (χ4v) is 2.50. The van der Waals surface area contributed by atoms with E-state index in [1.165, 1.54) is 6.07 Å². The van der Waals surface area contributed by atoms with Crippen LogP contribution in [0, 0.1) is 17.5 Å². The fraction of sp³-hybridized carbons (Fsp3) is 0.467. The van der Waals surface area contributed by atoms with Crippen LogP contribution in [0.4, 0.5) is 4.39 Å². The number of amides is 1. The number of carbonyl (C=O) groups is 1. The van der Waals surface area contributed by atoms with E-state index in [2.05, 4.69) is 10.3 Å². The first-order valence-electron chi connectivity index (χ1n) is 6.87. The van der Waals surface area contributed by atoms with Crippen LogP contribution < -0.4 is 5.32 Å². The summed E-state index contributed by atoms with van der Waals surface area (Å²) >= 11 is 5.25. The topological polar surface area (TPSA) is 49.8 Å². The second kappa shape index (κ2) is 5.60. The smallest absolute Gasteiger partial charge is 0.222 e. The standard InChI is InChI=1S/C15H20FN3OS/c1-9-7-12-11(8-10(9)16)17-14(21)19(12)6-5-13(20)18-15(2,3)4/h7-8H,5-6H2,1-4H3,(H,17,21)(H,18,20). The van der Waals surface area contributed by atoms with Crippen LogP contribution in [0.3, 0.4) is 0 Å². The van der Waals surface area contributed by atoms with Gasteiger partial charge in [-0.1, -0.05) is 0 Å². The van der Waals surface area contributed by atoms with Gasteiger partial charge in [0.15, 0.2) is 4.77 Å². The van der Waals surface area contributed by atoms with Crippen molar-refractivity contribution in [2.75, 3.05) is 0 Å². The first-order valence-corrected chi connectivity index (χ1v) is 7.28. The molecule has 2 rings (SSSR count). The normalized spacial score (nSPS) is 11.9. The van der Waals surface area contributed by atoms with E-state index in [-0.39, 0.29) is 17.3 Å². The molecule has 6 heteroatoms. The van der Waals surface area contributed by atoms with Gasteiger partial charge >= 0.3 is 0 Å². The number of benzene rings is 1. The number of hydrogen-bond acceptors (Lipinski definition) is 2. The van der Waals surface area contributed by atoms with Gasteiger partial charge in [0.1, 0.15) is 5.82 Å². The van der Waals surface area contributed by atoms with Gasteiger partial charge in [0.05, 0.1) is 11.0 Å². The summed E-state index contributed by atoms with van der Waals surface area (Å²) in [7, 11) is 0. The summed E-state index contributed by atoms with van der Waals surface area (Å²) in [4.78, 5) is 14.9. The van der Waals surface area contributed by atoms with Gasteiger partial charge in [-0.05, 0) is 57.6 Å². The minimum atomic E-state index is -0.267. The minimum absolute atomic E-state index is 0.0300. The lowest BCUT2D eigenvalue weighted by Crippen LogP contribution is -2.40. The molecule has 0 aliphatic heterocycles. The maximum atomic E-state index is 13.6. The number of H-pyrrole nitrogens is 1. The van der Waals surface area contributed by atoms with E-state index in [1.807, 2.05) is 25.3 Å². The van der Waals surface area contributed by atoms with Crippen LogP contribution in [0.15, 0.2) is 12.1 Å². The van der Waals surface area contributed by atoms with Gasteiger partial charge in [-0.3, -0.25) is 4.79 Å². The summed E-state index contributed by atoms with van der Waals surface area (Å²) in [5.41, 5.74) is 1.78. The highest BCUT2D eigenvalue weighted by Gasteiger charge is 2.14. The number of aromatic amines is 1. The molecule has 0 fully saturated rings. The lowest BCUT2D eigenvalue weighted by molar-refractivity contribution is -0.122. The molecule has 2 N–H and O–H groups in total. The first-order chi connectivity index (χ1) is 9.67. The Morgan fingerprint density at radius 1 is 1.43 bits per heavy atom. The minimum Gasteiger partial charge on any atom is -0.351 e. The maximum Gasteiger partial charge on any atom is 0.222 e. The van der Waals surface area contributed by atoms with Crippen molar-refractivity contribution >= 4 is 29.2 Å². The summed E-state index contributed by atoms with van der Waals surface area (Å²) in [6, 6.07) is 3.19. The predicted molar refractivity (Wildman–Crippen MR) is 84.3 cm³/mol. The lowest BCUT2D eigenvalue weighted by atomic mass is 10.1. The molecule has 0 unspecified atom stereocenters. The molecule has 0 aliphatic carbocycles. The van der Waals surface area contributed by atoms with Gasteiger partial charge < -0.3 is 14.9 Å². The molecule has 2 aromatic rings. The highest BCUT2D eigenvalue weighted by atomic mass is 32.1. The van der Waals surface area contributed by atoms with Crippen LogP contribution in [0.1, 0.15) is 32.8 Å². The van der Waals surface area contributed by atoms with Crippen molar-refractivity contribution in [3.63, 3.8) is 0 Å². The second-order valence-electron chi connectivity index (χ2n) is 6.25. The molecule has 0 bridgehead atoms. The summed E-state index contributed by atoms with van der Waals surface area (Å²) in [6.45, 7) is 7.99. The molecule has 4 nitrogen and oxygen atoms in total. The van der Waals surface area contributed by atoms with Crippen molar-refractivity contribution in [2.45, 2.75) is 46.2 Å². The van der Waals surface area contributed by atoms with E-state index in [4.69, 9.17) is 12.2 Å². The van der Waals surface area contributed by atoms with E-state index < -0.39 is 0 Å². The highest BCUT2D eigenvalue weighted by Crippen LogP contribution is 2.19. The van der Waals surface area contributed by atoms with E-state index in [0.717, 1.165) is 5.52 Å². The van der Waals surface area contributed by atoms with Crippen molar-refractivity contribution in [1.29, 1.82) is 0 Å². The summed E-state index contributed by atoms with van der Waals surface area (Å²) in [6.07, 6.45) is 0.328. The average molecular weight is 309 g/mol. The number of imidazole rings is 1. The molecule has 0 saturated carbocycles. The largest absolute Gasteiger partial charge is 0.351 e. The molecule has 1 aromatic carbocycles. The van der Waals surface area contributed by atoms with Crippen molar-refractivity contribution < 1.29 is 9.18 Å². The Hall–Kier alpha value is -1.69. The molecule has 1 amide bonds. The Morgan fingerprint density at radius 2 is 2.10 bits per heavy atom. The van der Waals surface area contributed by atoms with Gasteiger partial charge in [0, 0.05) is 18.5 Å². The van der Waals surface area contributed by atoms with E-state index >= 15 is 0 Å². The number of halogens is 1. The Morgan fingerprint density at radius 3 is 2.71 bits per heavy atom.